The van der Waals surface area contributed by atoms with Crippen LogP contribution in [0.3, 0.4) is 0 Å². The molecule has 1 aliphatic carbocycles. The molecular weight excluding hydrogens is 290 g/mol. The normalized spacial score (nSPS) is 21.6. The molecule has 0 aromatic carbocycles. The van der Waals surface area contributed by atoms with Gasteiger partial charge in [-0.1, -0.05) is 12.5 Å². The molecule has 0 bridgehead atoms. The number of aliphatic hydroxyl groups is 1. The van der Waals surface area contributed by atoms with E-state index in [1.54, 1.807) is 0 Å². The molecular formula is C13H17N5O2S. The highest BCUT2D eigenvalue weighted by molar-refractivity contribution is 7.13. The number of rotatable bonds is 5. The van der Waals surface area contributed by atoms with E-state index in [1.165, 1.54) is 16.1 Å². The lowest BCUT2D eigenvalue weighted by Gasteiger charge is -2.14. The molecule has 2 N–H and O–H groups in total. The van der Waals surface area contributed by atoms with E-state index >= 15 is 0 Å². The van der Waals surface area contributed by atoms with Crippen LogP contribution < -0.4 is 5.32 Å². The minimum Gasteiger partial charge on any atom is -0.393 e. The molecule has 1 fully saturated rings. The van der Waals surface area contributed by atoms with E-state index in [-0.39, 0.29) is 24.5 Å². The van der Waals surface area contributed by atoms with E-state index < -0.39 is 0 Å². The maximum atomic E-state index is 11.9. The Morgan fingerprint density at radius 2 is 2.43 bits per heavy atom. The molecule has 3 rings (SSSR count). The van der Waals surface area contributed by atoms with Gasteiger partial charge in [0.1, 0.15) is 6.54 Å². The van der Waals surface area contributed by atoms with Gasteiger partial charge in [-0.2, -0.15) is 4.80 Å². The Bertz CT molecular complexity index is 597. The van der Waals surface area contributed by atoms with Crippen LogP contribution in [0.1, 0.15) is 19.3 Å². The van der Waals surface area contributed by atoms with Gasteiger partial charge in [0.25, 0.3) is 0 Å². The molecule has 0 spiro atoms. The first-order valence-electron chi connectivity index (χ1n) is 6.99. The second kappa shape index (κ2) is 6.31. The summed E-state index contributed by atoms with van der Waals surface area (Å²) in [6, 6.07) is 3.83. The lowest BCUT2D eigenvalue weighted by Crippen LogP contribution is -2.35. The monoisotopic (exact) mass is 307 g/mol. The molecule has 1 saturated carbocycles. The summed E-state index contributed by atoms with van der Waals surface area (Å²) in [6.45, 7) is 0.549. The van der Waals surface area contributed by atoms with Crippen molar-refractivity contribution >= 4 is 17.2 Å². The van der Waals surface area contributed by atoms with E-state index in [1.807, 2.05) is 17.5 Å². The van der Waals surface area contributed by atoms with Gasteiger partial charge in [0.05, 0.1) is 11.0 Å². The molecule has 0 saturated heterocycles. The highest BCUT2D eigenvalue weighted by atomic mass is 32.1. The molecule has 2 aromatic heterocycles. The molecule has 0 aliphatic heterocycles. The van der Waals surface area contributed by atoms with Gasteiger partial charge >= 0.3 is 0 Å². The number of carbonyl (C=O) groups excluding carboxylic acids is 1. The van der Waals surface area contributed by atoms with Gasteiger partial charge in [-0.3, -0.25) is 4.79 Å². The zero-order valence-electron chi connectivity index (χ0n) is 11.5. The first-order valence-corrected chi connectivity index (χ1v) is 7.87. The maximum Gasteiger partial charge on any atom is 0.243 e. The summed E-state index contributed by atoms with van der Waals surface area (Å²) < 4.78 is 0. The summed E-state index contributed by atoms with van der Waals surface area (Å²) in [7, 11) is 0. The number of amides is 1. The number of aromatic nitrogens is 4. The predicted octanol–water partition coefficient (Wildman–Crippen LogP) is 0.679. The molecule has 1 amide bonds. The molecule has 2 atom stereocenters. The number of hydrogen-bond donors (Lipinski definition) is 2. The van der Waals surface area contributed by atoms with E-state index in [0.717, 1.165) is 24.1 Å². The number of thiophene rings is 1. The predicted molar refractivity (Wildman–Crippen MR) is 77.5 cm³/mol. The van der Waals surface area contributed by atoms with Gasteiger partial charge in [0, 0.05) is 12.5 Å². The van der Waals surface area contributed by atoms with Crippen LogP contribution in [0.25, 0.3) is 10.7 Å². The number of nitrogens with zero attached hydrogens (tertiary/aromatic N) is 4. The van der Waals surface area contributed by atoms with E-state index in [9.17, 15) is 9.90 Å². The fraction of sp³-hybridized carbons (Fsp3) is 0.538. The number of tetrazole rings is 1. The van der Waals surface area contributed by atoms with Gasteiger partial charge in [0.2, 0.25) is 11.7 Å². The third-order valence-corrected chi connectivity index (χ3v) is 4.53. The Morgan fingerprint density at radius 1 is 1.52 bits per heavy atom. The first-order chi connectivity index (χ1) is 10.2. The van der Waals surface area contributed by atoms with Crippen LogP contribution in [0.4, 0.5) is 0 Å². The smallest absolute Gasteiger partial charge is 0.243 e. The number of carbonyl (C=O) groups is 1. The summed E-state index contributed by atoms with van der Waals surface area (Å²) in [5.41, 5.74) is 0. The van der Waals surface area contributed by atoms with Crippen molar-refractivity contribution in [3.05, 3.63) is 17.5 Å². The molecule has 2 unspecified atom stereocenters. The van der Waals surface area contributed by atoms with E-state index in [2.05, 4.69) is 20.7 Å². The fourth-order valence-electron chi connectivity index (χ4n) is 2.50. The summed E-state index contributed by atoms with van der Waals surface area (Å²) >= 11 is 1.53. The summed E-state index contributed by atoms with van der Waals surface area (Å²) in [4.78, 5) is 14.1. The molecule has 7 nitrogen and oxygen atoms in total. The Labute approximate surface area is 126 Å². The van der Waals surface area contributed by atoms with Gasteiger partial charge in [0.15, 0.2) is 0 Å². The van der Waals surface area contributed by atoms with Crippen molar-refractivity contribution in [1.29, 1.82) is 0 Å². The molecule has 2 aromatic rings. The SMILES string of the molecule is O=C(Cn1nnc(-c2cccs2)n1)NCC1CCCC1O. The zero-order chi connectivity index (χ0) is 14.7. The molecule has 1 aliphatic rings. The van der Waals surface area contributed by atoms with Crippen LogP contribution in [0, 0.1) is 5.92 Å². The van der Waals surface area contributed by atoms with Crippen LogP contribution in [0.2, 0.25) is 0 Å². The van der Waals surface area contributed by atoms with Crippen LogP contribution in [0.5, 0.6) is 0 Å². The van der Waals surface area contributed by atoms with Crippen molar-refractivity contribution in [2.45, 2.75) is 31.9 Å². The standard InChI is InChI=1S/C13H17N5O2S/c19-10-4-1-3-9(10)7-14-12(20)8-18-16-13(15-17-18)11-5-2-6-21-11/h2,5-6,9-10,19H,1,3-4,7-8H2,(H,14,20). The quantitative estimate of drug-likeness (QED) is 0.847. The molecule has 2 heterocycles. The third-order valence-electron chi connectivity index (χ3n) is 3.66. The second-order valence-corrected chi connectivity index (χ2v) is 6.13. The highest BCUT2D eigenvalue weighted by Crippen LogP contribution is 2.24. The fourth-order valence-corrected chi connectivity index (χ4v) is 3.15. The van der Waals surface area contributed by atoms with Crippen molar-refractivity contribution in [3.8, 4) is 10.7 Å². The van der Waals surface area contributed by atoms with Gasteiger partial charge in [-0.15, -0.1) is 21.5 Å². The van der Waals surface area contributed by atoms with Gasteiger partial charge < -0.3 is 10.4 Å². The van der Waals surface area contributed by atoms with E-state index in [4.69, 9.17) is 0 Å². The minimum absolute atomic E-state index is 0.0428. The first kappa shape index (κ1) is 14.2. The third kappa shape index (κ3) is 3.45. The van der Waals surface area contributed by atoms with Crippen LogP contribution in [-0.2, 0) is 11.3 Å². The average Bonchev–Trinajstić information content (AvgIpc) is 3.17. The molecule has 21 heavy (non-hydrogen) atoms. The number of hydrogen-bond acceptors (Lipinski definition) is 6. The maximum absolute atomic E-state index is 11.9. The molecule has 112 valence electrons. The summed E-state index contributed by atoms with van der Waals surface area (Å²) in [5, 5.41) is 26.5. The molecule has 0 radical (unpaired) electrons. The minimum atomic E-state index is -0.291. The summed E-state index contributed by atoms with van der Waals surface area (Å²) in [6.07, 6.45) is 2.53. The Balaban J connectivity index is 1.51. The van der Waals surface area contributed by atoms with E-state index in [0.29, 0.717) is 12.4 Å². The topological polar surface area (TPSA) is 92.9 Å². The second-order valence-electron chi connectivity index (χ2n) is 5.18. The van der Waals surface area contributed by atoms with Crippen LogP contribution in [-0.4, -0.2) is 43.9 Å². The largest absolute Gasteiger partial charge is 0.393 e. The van der Waals surface area contributed by atoms with Gasteiger partial charge in [-0.25, -0.2) is 0 Å². The summed E-state index contributed by atoms with van der Waals surface area (Å²) in [5.74, 6) is 0.535. The average molecular weight is 307 g/mol. The molecule has 8 heteroatoms. The number of aliphatic hydroxyl groups excluding tert-OH is 1. The van der Waals surface area contributed by atoms with Gasteiger partial charge in [-0.05, 0) is 29.5 Å². The Morgan fingerprint density at radius 3 is 3.14 bits per heavy atom. The lowest BCUT2D eigenvalue weighted by molar-refractivity contribution is -0.122. The van der Waals surface area contributed by atoms with Crippen molar-refractivity contribution in [2.75, 3.05) is 6.54 Å². The van der Waals surface area contributed by atoms with Crippen molar-refractivity contribution in [1.82, 2.24) is 25.5 Å². The Kier molecular flexibility index (Phi) is 4.26. The van der Waals surface area contributed by atoms with Crippen molar-refractivity contribution in [2.24, 2.45) is 5.92 Å². The van der Waals surface area contributed by atoms with Crippen molar-refractivity contribution < 1.29 is 9.90 Å². The zero-order valence-corrected chi connectivity index (χ0v) is 12.3. The van der Waals surface area contributed by atoms with Crippen LogP contribution in [0.15, 0.2) is 17.5 Å². The Hall–Kier alpha value is -1.80. The van der Waals surface area contributed by atoms with Crippen molar-refractivity contribution in [3.63, 3.8) is 0 Å². The lowest BCUT2D eigenvalue weighted by atomic mass is 10.1. The number of nitrogens with one attached hydrogen (secondary N) is 1. The van der Waals surface area contributed by atoms with Crippen LogP contribution >= 0.6 is 11.3 Å². The highest BCUT2D eigenvalue weighted by Gasteiger charge is 2.25.